The van der Waals surface area contributed by atoms with Crippen molar-refractivity contribution in [1.29, 1.82) is 0 Å². The topological polar surface area (TPSA) is 12.9 Å². The van der Waals surface area contributed by atoms with E-state index in [2.05, 4.69) is 36.2 Å². The normalized spacial score (nSPS) is 11.2. The molecular weight excluding hydrogens is 237 g/mol. The molecule has 0 unspecified atom stereocenters. The van der Waals surface area contributed by atoms with Crippen molar-refractivity contribution >= 4 is 33.9 Å². The van der Waals surface area contributed by atoms with Crippen LogP contribution in [-0.4, -0.2) is 19.5 Å². The first kappa shape index (κ1) is 8.22. The van der Waals surface area contributed by atoms with Crippen molar-refractivity contribution < 1.29 is 0 Å². The van der Waals surface area contributed by atoms with E-state index >= 15 is 0 Å². The van der Waals surface area contributed by atoms with Crippen molar-refractivity contribution in [3.05, 3.63) is 42.1 Å². The van der Waals surface area contributed by atoms with Gasteiger partial charge < -0.3 is 0 Å². The van der Waals surface area contributed by atoms with Crippen molar-refractivity contribution in [3.63, 3.8) is 0 Å². The Hall–Kier alpha value is -1.11. The van der Waals surface area contributed by atoms with E-state index in [-0.39, 0.29) is 0 Å². The van der Waals surface area contributed by atoms with Gasteiger partial charge in [-0.3, -0.25) is 0 Å². The Bertz CT molecular complexity index is 610. The fraction of sp³-hybridized carbons (Fsp3) is 0.0833. The Kier molecular flexibility index (Phi) is 1.73. The molecule has 2 heteroatoms. The van der Waals surface area contributed by atoms with Crippen LogP contribution < -0.4 is 0 Å². The number of hydrogen-bond acceptors (Lipinski definition) is 1. The number of pyridine rings is 1. The molecule has 2 aromatic heterocycles. The van der Waals surface area contributed by atoms with Gasteiger partial charge in [-0.2, -0.15) is 0 Å². The van der Waals surface area contributed by atoms with E-state index in [9.17, 15) is 0 Å². The van der Waals surface area contributed by atoms with Gasteiger partial charge in [0.15, 0.2) is 0 Å². The van der Waals surface area contributed by atoms with Crippen LogP contribution in [0.15, 0.2) is 36.5 Å². The second kappa shape index (κ2) is 2.94. The standard InChI is InChI=1S/C12H9NSe/c1-8-4-5-10-9(7-8)12-11(14-10)3-2-6-13-12/h2-7H,1H3. The summed E-state index contributed by atoms with van der Waals surface area (Å²) in [6, 6.07) is 10.9. The van der Waals surface area contributed by atoms with E-state index in [1.165, 1.54) is 25.0 Å². The van der Waals surface area contributed by atoms with Gasteiger partial charge >= 0.3 is 87.9 Å². The van der Waals surface area contributed by atoms with Crippen LogP contribution >= 0.6 is 0 Å². The first-order chi connectivity index (χ1) is 6.84. The minimum atomic E-state index is 0.465. The molecule has 0 spiro atoms. The van der Waals surface area contributed by atoms with Gasteiger partial charge in [0.1, 0.15) is 0 Å². The molecule has 0 amide bonds. The van der Waals surface area contributed by atoms with Gasteiger partial charge in [0.25, 0.3) is 0 Å². The van der Waals surface area contributed by atoms with Gasteiger partial charge in [0.05, 0.1) is 0 Å². The molecule has 14 heavy (non-hydrogen) atoms. The molecule has 0 fully saturated rings. The summed E-state index contributed by atoms with van der Waals surface area (Å²) in [5, 5.41) is 1.35. The van der Waals surface area contributed by atoms with E-state index in [1.807, 2.05) is 12.3 Å². The summed E-state index contributed by atoms with van der Waals surface area (Å²) in [6.45, 7) is 2.13. The Morgan fingerprint density at radius 1 is 1.14 bits per heavy atom. The van der Waals surface area contributed by atoms with Crippen molar-refractivity contribution in [2.24, 2.45) is 0 Å². The van der Waals surface area contributed by atoms with Crippen molar-refractivity contribution in [3.8, 4) is 0 Å². The third-order valence-electron chi connectivity index (χ3n) is 2.38. The van der Waals surface area contributed by atoms with Gasteiger partial charge in [-0.1, -0.05) is 0 Å². The number of hydrogen-bond donors (Lipinski definition) is 0. The average Bonchev–Trinajstić information content (AvgIpc) is 2.56. The van der Waals surface area contributed by atoms with Crippen LogP contribution in [0, 0.1) is 6.92 Å². The van der Waals surface area contributed by atoms with Crippen LogP contribution in [-0.2, 0) is 0 Å². The van der Waals surface area contributed by atoms with Crippen molar-refractivity contribution in [2.45, 2.75) is 6.92 Å². The summed E-state index contributed by atoms with van der Waals surface area (Å²) in [4.78, 5) is 4.46. The molecule has 0 saturated carbocycles. The molecule has 0 bridgehead atoms. The zero-order valence-electron chi connectivity index (χ0n) is 7.82. The van der Waals surface area contributed by atoms with Crippen LogP contribution in [0.5, 0.6) is 0 Å². The van der Waals surface area contributed by atoms with Gasteiger partial charge in [0.2, 0.25) is 0 Å². The number of aryl methyl sites for hydroxylation is 1. The number of fused-ring (bicyclic) bond motifs is 3. The Morgan fingerprint density at radius 3 is 3.00 bits per heavy atom. The summed E-state index contributed by atoms with van der Waals surface area (Å²) < 4.78 is 2.89. The quantitative estimate of drug-likeness (QED) is 0.556. The number of rotatable bonds is 0. The molecule has 0 radical (unpaired) electrons. The molecule has 0 aliphatic rings. The first-order valence-corrected chi connectivity index (χ1v) is 6.30. The number of nitrogens with zero attached hydrogens (tertiary/aromatic N) is 1. The Labute approximate surface area is 88.1 Å². The van der Waals surface area contributed by atoms with Gasteiger partial charge in [-0.05, 0) is 0 Å². The van der Waals surface area contributed by atoms with Crippen LogP contribution in [0.2, 0.25) is 0 Å². The molecule has 0 saturated heterocycles. The molecule has 0 aliphatic heterocycles. The fourth-order valence-corrected chi connectivity index (χ4v) is 3.90. The molecule has 1 aromatic carbocycles. The van der Waals surface area contributed by atoms with Crippen LogP contribution in [0.25, 0.3) is 19.4 Å². The van der Waals surface area contributed by atoms with Crippen LogP contribution in [0.1, 0.15) is 5.56 Å². The van der Waals surface area contributed by atoms with E-state index in [0.717, 1.165) is 0 Å². The first-order valence-electron chi connectivity index (χ1n) is 4.58. The second-order valence-corrected chi connectivity index (χ2v) is 5.73. The Balaban J connectivity index is 2.58. The zero-order valence-corrected chi connectivity index (χ0v) is 9.53. The fourth-order valence-electron chi connectivity index (χ4n) is 1.71. The van der Waals surface area contributed by atoms with E-state index in [0.29, 0.717) is 14.5 Å². The van der Waals surface area contributed by atoms with Crippen molar-refractivity contribution in [2.75, 3.05) is 0 Å². The van der Waals surface area contributed by atoms with E-state index in [1.54, 1.807) is 0 Å². The third-order valence-corrected chi connectivity index (χ3v) is 4.74. The molecular formula is C12H9NSe. The summed E-state index contributed by atoms with van der Waals surface area (Å²) in [6.07, 6.45) is 1.88. The molecule has 0 aliphatic carbocycles. The predicted molar refractivity (Wildman–Crippen MR) is 60.9 cm³/mol. The molecule has 0 N–H and O–H groups in total. The van der Waals surface area contributed by atoms with Crippen LogP contribution in [0.3, 0.4) is 0 Å². The summed E-state index contributed by atoms with van der Waals surface area (Å²) in [5.41, 5.74) is 2.52. The SMILES string of the molecule is Cc1ccc2[se]c3cccnc3c2c1. The van der Waals surface area contributed by atoms with E-state index in [4.69, 9.17) is 0 Å². The summed E-state index contributed by atoms with van der Waals surface area (Å²) >= 11 is 0.465. The maximum atomic E-state index is 4.46. The Morgan fingerprint density at radius 2 is 2.07 bits per heavy atom. The maximum absolute atomic E-state index is 4.46. The summed E-state index contributed by atoms with van der Waals surface area (Å²) in [5.74, 6) is 0. The van der Waals surface area contributed by atoms with E-state index < -0.39 is 0 Å². The van der Waals surface area contributed by atoms with Gasteiger partial charge in [-0.15, -0.1) is 0 Å². The van der Waals surface area contributed by atoms with Crippen molar-refractivity contribution in [1.82, 2.24) is 4.98 Å². The second-order valence-electron chi connectivity index (χ2n) is 3.45. The average molecular weight is 246 g/mol. The number of benzene rings is 1. The molecule has 1 nitrogen and oxygen atoms in total. The molecule has 2 heterocycles. The monoisotopic (exact) mass is 247 g/mol. The van der Waals surface area contributed by atoms with Gasteiger partial charge in [0, 0.05) is 0 Å². The summed E-state index contributed by atoms with van der Waals surface area (Å²) in [7, 11) is 0. The van der Waals surface area contributed by atoms with Crippen LogP contribution in [0.4, 0.5) is 0 Å². The molecule has 3 rings (SSSR count). The molecule has 0 atom stereocenters. The van der Waals surface area contributed by atoms with Gasteiger partial charge in [-0.25, -0.2) is 0 Å². The minimum absolute atomic E-state index is 0.465. The number of aromatic nitrogens is 1. The molecule has 68 valence electrons. The molecule has 3 aromatic rings. The zero-order chi connectivity index (χ0) is 9.54. The predicted octanol–water partition coefficient (Wildman–Crippen LogP) is 2.75. The third kappa shape index (κ3) is 1.12.